The Balaban J connectivity index is -0.000000249. The summed E-state index contributed by atoms with van der Waals surface area (Å²) in [4.78, 5) is 10.9. The summed E-state index contributed by atoms with van der Waals surface area (Å²) in [5.41, 5.74) is 0. The van der Waals surface area contributed by atoms with E-state index in [1.165, 1.54) is 0 Å². The molecule has 0 amide bonds. The van der Waals surface area contributed by atoms with Gasteiger partial charge in [0.2, 0.25) is 0 Å². The second-order valence-corrected chi connectivity index (χ2v) is 2.05. The molecule has 68 valence electrons. The van der Waals surface area contributed by atoms with E-state index in [0.717, 1.165) is 12.5 Å². The average Bonchev–Trinajstić information content (AvgIpc) is 2.07. The Bertz CT molecular complexity index is 96.5. The predicted octanol–water partition coefficient (Wildman–Crippen LogP) is -0.843. The van der Waals surface area contributed by atoms with Crippen LogP contribution in [0.4, 0.5) is 0 Å². The van der Waals surface area contributed by atoms with E-state index in [1.807, 2.05) is 20.8 Å². The zero-order valence-corrected chi connectivity index (χ0v) is 14.2. The first-order valence-electron chi connectivity index (χ1n) is 4.26. The molecule has 0 bridgehead atoms. The molecule has 0 aliphatic rings. The van der Waals surface area contributed by atoms with Crippen LogP contribution >= 0.6 is 0 Å². The number of carbonyl (C=O) groups is 1. The van der Waals surface area contributed by atoms with Crippen LogP contribution in [0.15, 0.2) is 0 Å². The fourth-order valence-corrected chi connectivity index (χ4v) is 0.554. The smallest absolute Gasteiger partial charge is 0.448 e. The van der Waals surface area contributed by atoms with Crippen LogP contribution in [0.1, 0.15) is 40.5 Å². The Morgan fingerprint density at radius 1 is 1.42 bits per heavy atom. The minimum Gasteiger partial charge on any atom is -0.448 e. The number of ketones is 1. The first kappa shape index (κ1) is 19.0. The number of hydrogen-bond acceptors (Lipinski definition) is 2. The Hall–Kier alpha value is 1.31. The normalized spacial score (nSPS) is 7.42. The molecule has 0 unspecified atom stereocenters. The van der Waals surface area contributed by atoms with Gasteiger partial charge in [-0.1, -0.05) is 27.2 Å². The molecule has 0 aromatic heterocycles. The average molecular weight is 244 g/mol. The van der Waals surface area contributed by atoms with Crippen LogP contribution in [0.5, 0.6) is 0 Å². The van der Waals surface area contributed by atoms with E-state index in [9.17, 15) is 4.79 Å². The topological polar surface area (TPSA) is 29.1 Å². The zero-order valence-electron chi connectivity index (χ0n) is 9.32. The van der Waals surface area contributed by atoms with E-state index < -0.39 is 0 Å². The molecule has 0 aliphatic heterocycles. The van der Waals surface area contributed by atoms with Crippen molar-refractivity contribution >= 4 is 5.78 Å². The van der Waals surface area contributed by atoms with Crippen molar-refractivity contribution in [3.05, 3.63) is 6.04 Å². The standard InChI is InChI=1S/C7H14NO.C2H6.Rb/c1-4-5-7(9)6(2)8-3;1-2;/h8H,4-5H2,1-3H3;1-2H3;/q-1;;+1. The van der Waals surface area contributed by atoms with Gasteiger partial charge in [0.1, 0.15) is 0 Å². The molecule has 0 fully saturated rings. The number of hydrogen-bond donors (Lipinski definition) is 1. The molecule has 2 nitrogen and oxygen atoms in total. The molecule has 0 saturated heterocycles. The number of Topliss-reactive ketones (excluding diaryl/α,β-unsaturated/α-hetero) is 1. The van der Waals surface area contributed by atoms with Crippen molar-refractivity contribution in [1.29, 1.82) is 0 Å². The maximum atomic E-state index is 10.9. The third-order valence-electron chi connectivity index (χ3n) is 1.27. The van der Waals surface area contributed by atoms with Crippen molar-refractivity contribution in [1.82, 2.24) is 5.32 Å². The van der Waals surface area contributed by atoms with E-state index >= 15 is 0 Å². The van der Waals surface area contributed by atoms with Crippen LogP contribution < -0.4 is 63.5 Å². The van der Waals surface area contributed by atoms with E-state index in [2.05, 4.69) is 5.32 Å². The molecule has 0 saturated carbocycles. The SMILES string of the molecule is CC.CCCC(=O)[C-](C)NC.[Rb+]. The Labute approximate surface area is 126 Å². The summed E-state index contributed by atoms with van der Waals surface area (Å²) in [7, 11) is 1.77. The van der Waals surface area contributed by atoms with Crippen LogP contribution in [0.3, 0.4) is 0 Å². The zero-order chi connectivity index (χ0) is 9.28. The molecular weight excluding hydrogens is 224 g/mol. The van der Waals surface area contributed by atoms with Gasteiger partial charge in [0, 0.05) is 5.78 Å². The Morgan fingerprint density at radius 3 is 2.08 bits per heavy atom. The summed E-state index contributed by atoms with van der Waals surface area (Å²) in [6.07, 6.45) is 1.59. The molecular formula is C9H20NORb. The van der Waals surface area contributed by atoms with Crippen molar-refractivity contribution in [3.8, 4) is 0 Å². The first-order valence-corrected chi connectivity index (χ1v) is 4.26. The van der Waals surface area contributed by atoms with Crippen LogP contribution in [0.25, 0.3) is 0 Å². The fraction of sp³-hybridized carbons (Fsp3) is 0.778. The summed E-state index contributed by atoms with van der Waals surface area (Å²) >= 11 is 0. The van der Waals surface area contributed by atoms with Gasteiger partial charge in [-0.2, -0.15) is 6.92 Å². The van der Waals surface area contributed by atoms with E-state index in [4.69, 9.17) is 0 Å². The van der Waals surface area contributed by atoms with Gasteiger partial charge < -0.3 is 10.1 Å². The largest absolute Gasteiger partial charge is 1.00 e. The summed E-state index contributed by atoms with van der Waals surface area (Å²) in [6.45, 7) is 7.80. The Morgan fingerprint density at radius 2 is 1.83 bits per heavy atom. The molecule has 0 aromatic carbocycles. The molecule has 0 atom stereocenters. The molecule has 12 heavy (non-hydrogen) atoms. The number of rotatable bonds is 4. The number of carbonyl (C=O) groups excluding carboxylic acids is 1. The molecule has 0 aromatic rings. The first-order chi connectivity index (χ1) is 5.22. The van der Waals surface area contributed by atoms with E-state index in [1.54, 1.807) is 14.0 Å². The predicted molar refractivity (Wildman–Crippen MR) is 49.2 cm³/mol. The molecule has 1 N–H and O–H groups in total. The van der Waals surface area contributed by atoms with Crippen molar-refractivity contribution in [2.45, 2.75) is 40.5 Å². The second-order valence-electron chi connectivity index (χ2n) is 2.05. The van der Waals surface area contributed by atoms with Gasteiger partial charge in [-0.3, -0.25) is 6.04 Å². The van der Waals surface area contributed by atoms with Gasteiger partial charge in [0.15, 0.2) is 0 Å². The van der Waals surface area contributed by atoms with Crippen molar-refractivity contribution in [2.24, 2.45) is 0 Å². The van der Waals surface area contributed by atoms with Gasteiger partial charge >= 0.3 is 58.2 Å². The summed E-state index contributed by atoms with van der Waals surface area (Å²) in [5.74, 6) is 0.222. The monoisotopic (exact) mass is 243 g/mol. The van der Waals surface area contributed by atoms with Gasteiger partial charge in [-0.05, 0) is 13.5 Å². The third-order valence-corrected chi connectivity index (χ3v) is 1.27. The van der Waals surface area contributed by atoms with Crippen LogP contribution in [0.2, 0.25) is 0 Å². The molecule has 3 heteroatoms. The summed E-state index contributed by atoms with van der Waals surface area (Å²) in [6, 6.07) is 0.761. The number of likely N-dealkylation sites (N-methyl/N-ethyl adjacent to an activating group) is 1. The van der Waals surface area contributed by atoms with Crippen LogP contribution in [-0.2, 0) is 4.79 Å². The van der Waals surface area contributed by atoms with Crippen molar-refractivity contribution < 1.29 is 63.0 Å². The maximum Gasteiger partial charge on any atom is 1.00 e. The minimum absolute atomic E-state index is 0. The van der Waals surface area contributed by atoms with Crippen molar-refractivity contribution in [2.75, 3.05) is 7.05 Å². The van der Waals surface area contributed by atoms with Gasteiger partial charge in [0.05, 0.1) is 0 Å². The molecule has 0 heterocycles. The fourth-order valence-electron chi connectivity index (χ4n) is 0.554. The quantitative estimate of drug-likeness (QED) is 0.653. The second kappa shape index (κ2) is 14.8. The number of nitrogens with one attached hydrogen (secondary N) is 1. The van der Waals surface area contributed by atoms with Gasteiger partial charge in [0.25, 0.3) is 0 Å². The molecule has 0 rings (SSSR count). The van der Waals surface area contributed by atoms with Gasteiger partial charge in [-0.25, -0.2) is 0 Å². The summed E-state index contributed by atoms with van der Waals surface area (Å²) < 4.78 is 0. The maximum absolute atomic E-state index is 10.9. The van der Waals surface area contributed by atoms with Crippen molar-refractivity contribution in [3.63, 3.8) is 0 Å². The third kappa shape index (κ3) is 11.3. The van der Waals surface area contributed by atoms with Gasteiger partial charge in [-0.15, -0.1) is 0 Å². The van der Waals surface area contributed by atoms with E-state index in [-0.39, 0.29) is 64.0 Å². The molecule has 0 radical (unpaired) electrons. The summed E-state index contributed by atoms with van der Waals surface area (Å²) in [5, 5.41) is 2.82. The van der Waals surface area contributed by atoms with Crippen LogP contribution in [-0.4, -0.2) is 12.8 Å². The van der Waals surface area contributed by atoms with E-state index in [0.29, 0.717) is 6.42 Å². The molecule has 0 spiro atoms. The molecule has 0 aliphatic carbocycles. The minimum atomic E-state index is 0. The van der Waals surface area contributed by atoms with Crippen LogP contribution in [0, 0.1) is 6.04 Å². The Kier molecular flexibility index (Phi) is 23.4.